The minimum atomic E-state index is -1.50. The number of ether oxygens (including phenoxy) is 2. The maximum Gasteiger partial charge on any atom is 0.251 e. The Morgan fingerprint density at radius 3 is 2.09 bits per heavy atom. The van der Waals surface area contributed by atoms with E-state index in [9.17, 15) is 9.59 Å². The first-order chi connectivity index (χ1) is 15.2. The summed E-state index contributed by atoms with van der Waals surface area (Å²) in [6.45, 7) is 4.20. The Kier molecular flexibility index (Phi) is 9.64. The highest BCUT2D eigenvalue weighted by atomic mass is 16.5. The number of nitrogens with one attached hydrogen (secondary N) is 2. The first kappa shape index (κ1) is 25.3. The second-order valence-corrected chi connectivity index (χ2v) is 8.07. The lowest BCUT2D eigenvalue weighted by Crippen LogP contribution is -2.32. The molecule has 0 unspecified atom stereocenters. The van der Waals surface area contributed by atoms with Gasteiger partial charge in [0.2, 0.25) is 0 Å². The van der Waals surface area contributed by atoms with Crippen LogP contribution in [0.15, 0.2) is 54.6 Å². The molecule has 0 radical (unpaired) electrons. The highest BCUT2D eigenvalue weighted by Gasteiger charge is 2.26. The fourth-order valence-electron chi connectivity index (χ4n) is 3.04. The number of amides is 2. The highest BCUT2D eigenvalue weighted by molar-refractivity contribution is 5.94. The molecule has 0 spiro atoms. The summed E-state index contributed by atoms with van der Waals surface area (Å²) < 4.78 is 10.8. The smallest absolute Gasteiger partial charge is 0.251 e. The molecule has 32 heavy (non-hydrogen) atoms. The summed E-state index contributed by atoms with van der Waals surface area (Å²) in [5, 5.41) is 22.0. The van der Waals surface area contributed by atoms with E-state index in [0.29, 0.717) is 36.6 Å². The summed E-state index contributed by atoms with van der Waals surface area (Å²) in [7, 11) is 1.59. The first-order valence-electron chi connectivity index (χ1n) is 10.5. The molecule has 1 heterocycles. The molecule has 8 nitrogen and oxygen atoms in total. The first-order valence-corrected chi connectivity index (χ1v) is 10.5. The molecule has 1 fully saturated rings. The van der Waals surface area contributed by atoms with Crippen LogP contribution in [0.3, 0.4) is 0 Å². The lowest BCUT2D eigenvalue weighted by Gasteiger charge is -2.12. The number of methoxy groups -OCH3 is 1. The number of carbonyl (C=O) groups is 2. The standard InChI is InChI=1S/C21H24N2O4.C3H8O2.2H2/c1-26-18-9-7-17(8-10-18)21(25)23-13-19-11-15(14-27-19)12-22-20(24)16-5-3-2-4-6-16;1-3(2,4)5;;/h2-10,15,19H,11-14H2,1H3,(H,22,24)(H,23,25);4-5H,1-2H3;2*1H/t15-,19+;;;/m1.../s1. The van der Waals surface area contributed by atoms with Crippen LogP contribution in [-0.2, 0) is 4.74 Å². The molecule has 2 aromatic rings. The van der Waals surface area contributed by atoms with E-state index in [1.165, 1.54) is 13.8 Å². The van der Waals surface area contributed by atoms with E-state index >= 15 is 0 Å². The number of benzene rings is 2. The minimum Gasteiger partial charge on any atom is -0.497 e. The fraction of sp³-hybridized carbons (Fsp3) is 0.417. The summed E-state index contributed by atoms with van der Waals surface area (Å²) in [6, 6.07) is 16.1. The third kappa shape index (κ3) is 9.47. The van der Waals surface area contributed by atoms with Gasteiger partial charge in [-0.05, 0) is 56.7 Å². The molecular formula is C24H36N2O6. The third-order valence-corrected chi connectivity index (χ3v) is 4.59. The molecule has 2 amide bonds. The van der Waals surface area contributed by atoms with E-state index in [-0.39, 0.29) is 26.7 Å². The highest BCUT2D eigenvalue weighted by Crippen LogP contribution is 2.19. The largest absolute Gasteiger partial charge is 0.497 e. The Balaban J connectivity index is 0.00000141. The van der Waals surface area contributed by atoms with Crippen LogP contribution >= 0.6 is 0 Å². The fourth-order valence-corrected chi connectivity index (χ4v) is 3.04. The van der Waals surface area contributed by atoms with E-state index in [4.69, 9.17) is 19.7 Å². The van der Waals surface area contributed by atoms with Crippen LogP contribution in [-0.4, -0.2) is 60.7 Å². The Bertz CT molecular complexity index is 854. The van der Waals surface area contributed by atoms with Gasteiger partial charge in [-0.1, -0.05) is 18.2 Å². The van der Waals surface area contributed by atoms with Crippen LogP contribution in [0.25, 0.3) is 0 Å². The monoisotopic (exact) mass is 448 g/mol. The molecule has 3 rings (SSSR count). The molecule has 0 saturated carbocycles. The van der Waals surface area contributed by atoms with Gasteiger partial charge in [0.1, 0.15) is 5.75 Å². The van der Waals surface area contributed by atoms with Crippen molar-refractivity contribution in [1.82, 2.24) is 10.6 Å². The molecular weight excluding hydrogens is 412 g/mol. The van der Waals surface area contributed by atoms with Gasteiger partial charge >= 0.3 is 0 Å². The average Bonchev–Trinajstić information content (AvgIpc) is 3.23. The van der Waals surface area contributed by atoms with E-state index in [1.807, 2.05) is 18.2 Å². The van der Waals surface area contributed by atoms with Crippen LogP contribution in [0.2, 0.25) is 0 Å². The zero-order valence-electron chi connectivity index (χ0n) is 18.7. The molecule has 1 aliphatic rings. The number of aliphatic hydroxyl groups is 2. The van der Waals surface area contributed by atoms with Gasteiger partial charge in [0, 0.05) is 33.0 Å². The van der Waals surface area contributed by atoms with Gasteiger partial charge in [0.15, 0.2) is 5.79 Å². The molecule has 4 N–H and O–H groups in total. The number of rotatable bonds is 7. The van der Waals surface area contributed by atoms with Gasteiger partial charge in [0.05, 0.1) is 19.8 Å². The number of hydrogen-bond donors (Lipinski definition) is 4. The van der Waals surface area contributed by atoms with Crippen LogP contribution < -0.4 is 15.4 Å². The Labute approximate surface area is 191 Å². The van der Waals surface area contributed by atoms with Crippen molar-refractivity contribution in [3.8, 4) is 5.75 Å². The third-order valence-electron chi connectivity index (χ3n) is 4.59. The Hall–Kier alpha value is -2.94. The molecule has 0 bridgehead atoms. The molecule has 2 aromatic carbocycles. The maximum absolute atomic E-state index is 12.2. The second kappa shape index (κ2) is 12.2. The average molecular weight is 449 g/mol. The SMILES string of the molecule is CC(C)(O)O.COc1ccc(C(=O)NC[C@@H]2C[C@H](CNC(=O)c3ccccc3)CO2)cc1.[HH].[HH]. The summed E-state index contributed by atoms with van der Waals surface area (Å²) in [5.41, 5.74) is 1.24. The van der Waals surface area contributed by atoms with E-state index < -0.39 is 5.79 Å². The minimum absolute atomic E-state index is 0. The summed E-state index contributed by atoms with van der Waals surface area (Å²) in [6.07, 6.45) is 0.767. The van der Waals surface area contributed by atoms with Crippen molar-refractivity contribution in [3.63, 3.8) is 0 Å². The van der Waals surface area contributed by atoms with Gasteiger partial charge < -0.3 is 30.3 Å². The van der Waals surface area contributed by atoms with Gasteiger partial charge in [-0.2, -0.15) is 0 Å². The van der Waals surface area contributed by atoms with Crippen molar-refractivity contribution in [2.45, 2.75) is 32.2 Å². The molecule has 178 valence electrons. The topological polar surface area (TPSA) is 117 Å². The van der Waals surface area contributed by atoms with E-state index in [0.717, 1.165) is 6.42 Å². The number of hydrogen-bond acceptors (Lipinski definition) is 6. The van der Waals surface area contributed by atoms with Crippen LogP contribution in [0.4, 0.5) is 0 Å². The van der Waals surface area contributed by atoms with Crippen molar-refractivity contribution < 1.29 is 32.1 Å². The van der Waals surface area contributed by atoms with Crippen molar-refractivity contribution in [2.24, 2.45) is 5.92 Å². The number of carbonyl (C=O) groups excluding carboxylic acids is 2. The van der Waals surface area contributed by atoms with Crippen LogP contribution in [0.5, 0.6) is 5.75 Å². The van der Waals surface area contributed by atoms with Crippen LogP contribution in [0, 0.1) is 5.92 Å². The zero-order valence-corrected chi connectivity index (χ0v) is 18.7. The molecule has 8 heteroatoms. The van der Waals surface area contributed by atoms with Crippen molar-refractivity contribution in [3.05, 3.63) is 65.7 Å². The predicted molar refractivity (Wildman–Crippen MR) is 125 cm³/mol. The molecule has 0 aromatic heterocycles. The van der Waals surface area contributed by atoms with Gasteiger partial charge in [0.25, 0.3) is 11.8 Å². The zero-order chi connectivity index (χ0) is 23.6. The quantitative estimate of drug-likeness (QED) is 0.484. The lowest BCUT2D eigenvalue weighted by molar-refractivity contribution is -0.127. The Morgan fingerprint density at radius 1 is 1.00 bits per heavy atom. The summed E-state index contributed by atoms with van der Waals surface area (Å²) >= 11 is 0. The summed E-state index contributed by atoms with van der Waals surface area (Å²) in [4.78, 5) is 24.3. The molecule has 1 aliphatic heterocycles. The summed E-state index contributed by atoms with van der Waals surface area (Å²) in [5.74, 6) is -0.749. The van der Waals surface area contributed by atoms with E-state index in [2.05, 4.69) is 10.6 Å². The van der Waals surface area contributed by atoms with Gasteiger partial charge in [-0.25, -0.2) is 0 Å². The van der Waals surface area contributed by atoms with Crippen molar-refractivity contribution >= 4 is 11.8 Å². The van der Waals surface area contributed by atoms with Crippen LogP contribution in [0.1, 0.15) is 43.8 Å². The van der Waals surface area contributed by atoms with E-state index in [1.54, 1.807) is 43.5 Å². The normalized spacial score (nSPS) is 17.7. The molecule has 2 atom stereocenters. The predicted octanol–water partition coefficient (Wildman–Crippen LogP) is 2.46. The second-order valence-electron chi connectivity index (χ2n) is 8.07. The maximum atomic E-state index is 12.2. The molecule has 1 saturated heterocycles. The lowest BCUT2D eigenvalue weighted by atomic mass is 10.1. The van der Waals surface area contributed by atoms with Crippen molar-refractivity contribution in [2.75, 3.05) is 26.8 Å². The van der Waals surface area contributed by atoms with Gasteiger partial charge in [-0.3, -0.25) is 9.59 Å². The van der Waals surface area contributed by atoms with Gasteiger partial charge in [-0.15, -0.1) is 0 Å². The Morgan fingerprint density at radius 2 is 1.53 bits per heavy atom. The van der Waals surface area contributed by atoms with Crippen molar-refractivity contribution in [1.29, 1.82) is 0 Å². The molecule has 0 aliphatic carbocycles.